The fourth-order valence-electron chi connectivity index (χ4n) is 1.35. The summed E-state index contributed by atoms with van der Waals surface area (Å²) in [7, 11) is 0. The molecule has 17 heavy (non-hydrogen) atoms. The molecule has 0 spiro atoms. The van der Waals surface area contributed by atoms with Gasteiger partial charge in [-0.3, -0.25) is 9.78 Å². The minimum absolute atomic E-state index is 0.158. The van der Waals surface area contributed by atoms with E-state index in [9.17, 15) is 9.90 Å². The average molecular weight is 313 g/mol. The molecule has 1 aromatic carbocycles. The fourth-order valence-corrected chi connectivity index (χ4v) is 1.85. The largest absolute Gasteiger partial charge is 0.507 e. The van der Waals surface area contributed by atoms with E-state index in [4.69, 9.17) is 11.6 Å². The first-order valence-corrected chi connectivity index (χ1v) is 5.90. The van der Waals surface area contributed by atoms with E-state index in [0.29, 0.717) is 9.50 Å². The van der Waals surface area contributed by atoms with E-state index >= 15 is 0 Å². The van der Waals surface area contributed by atoms with Gasteiger partial charge in [0.2, 0.25) is 5.78 Å². The van der Waals surface area contributed by atoms with Gasteiger partial charge in [-0.15, -0.1) is 0 Å². The topological polar surface area (TPSA) is 50.2 Å². The van der Waals surface area contributed by atoms with Gasteiger partial charge < -0.3 is 5.11 Å². The van der Waals surface area contributed by atoms with Crippen LogP contribution in [0, 0.1) is 0 Å². The van der Waals surface area contributed by atoms with Crippen LogP contribution < -0.4 is 0 Å². The molecule has 0 saturated heterocycles. The van der Waals surface area contributed by atoms with Gasteiger partial charge in [0.1, 0.15) is 11.4 Å². The van der Waals surface area contributed by atoms with Crippen LogP contribution in [-0.2, 0) is 0 Å². The lowest BCUT2D eigenvalue weighted by atomic mass is 10.1. The van der Waals surface area contributed by atoms with E-state index in [1.54, 1.807) is 18.2 Å². The van der Waals surface area contributed by atoms with Gasteiger partial charge in [0.15, 0.2) is 0 Å². The number of phenolic OH excluding ortho intramolecular Hbond substituents is 1. The number of ketones is 1. The molecule has 0 aliphatic heterocycles. The fraction of sp³-hybridized carbons (Fsp3) is 0. The maximum Gasteiger partial charge on any atom is 0.215 e. The molecule has 0 saturated carbocycles. The average Bonchev–Trinajstić information content (AvgIpc) is 2.34. The molecule has 0 aliphatic rings. The van der Waals surface area contributed by atoms with E-state index in [-0.39, 0.29) is 22.8 Å². The summed E-state index contributed by atoms with van der Waals surface area (Å²) in [6, 6.07) is 7.82. The van der Waals surface area contributed by atoms with Gasteiger partial charge in [0, 0.05) is 16.7 Å². The number of nitrogens with zero attached hydrogens (tertiary/aromatic N) is 1. The van der Waals surface area contributed by atoms with E-state index in [2.05, 4.69) is 20.9 Å². The zero-order chi connectivity index (χ0) is 12.4. The van der Waals surface area contributed by atoms with Crippen LogP contribution >= 0.6 is 27.5 Å². The first kappa shape index (κ1) is 12.1. The van der Waals surface area contributed by atoms with Crippen LogP contribution in [-0.4, -0.2) is 15.9 Å². The second-order valence-electron chi connectivity index (χ2n) is 3.33. The molecule has 86 valence electrons. The van der Waals surface area contributed by atoms with Crippen LogP contribution in [0.25, 0.3) is 0 Å². The molecule has 2 aromatic rings. The van der Waals surface area contributed by atoms with Crippen molar-refractivity contribution in [3.8, 4) is 5.75 Å². The monoisotopic (exact) mass is 311 g/mol. The van der Waals surface area contributed by atoms with Gasteiger partial charge >= 0.3 is 0 Å². The van der Waals surface area contributed by atoms with E-state index in [1.165, 1.54) is 18.3 Å². The number of carbonyl (C=O) groups excluding carboxylic acids is 1. The molecule has 5 heteroatoms. The predicted molar refractivity (Wildman–Crippen MR) is 68.5 cm³/mol. The highest BCUT2D eigenvalue weighted by molar-refractivity contribution is 9.10. The molecule has 0 bridgehead atoms. The number of hydrogen-bond acceptors (Lipinski definition) is 3. The highest BCUT2D eigenvalue weighted by Gasteiger charge is 2.16. The molecular formula is C12H7BrClNO2. The number of carbonyl (C=O) groups is 1. The highest BCUT2D eigenvalue weighted by Crippen LogP contribution is 2.31. The summed E-state index contributed by atoms with van der Waals surface area (Å²) in [5.74, 6) is -0.505. The number of phenols is 1. The Hall–Kier alpha value is -1.39. The van der Waals surface area contributed by atoms with E-state index in [0.717, 1.165) is 0 Å². The molecule has 1 aromatic heterocycles. The highest BCUT2D eigenvalue weighted by atomic mass is 79.9. The summed E-state index contributed by atoms with van der Waals surface area (Å²) >= 11 is 9.01. The molecule has 0 amide bonds. The maximum absolute atomic E-state index is 12.0. The molecule has 0 atom stereocenters. The van der Waals surface area contributed by atoms with Crippen LogP contribution in [0.15, 0.2) is 41.0 Å². The van der Waals surface area contributed by atoms with E-state index in [1.807, 2.05) is 0 Å². The van der Waals surface area contributed by atoms with Crippen molar-refractivity contribution in [2.24, 2.45) is 0 Å². The van der Waals surface area contributed by atoms with Crippen molar-refractivity contribution >= 4 is 33.3 Å². The van der Waals surface area contributed by atoms with Gasteiger partial charge in [-0.05, 0) is 34.1 Å². The number of pyridine rings is 1. The summed E-state index contributed by atoms with van der Waals surface area (Å²) in [5, 5.41) is 10.0. The van der Waals surface area contributed by atoms with Crippen LogP contribution in [0.2, 0.25) is 5.02 Å². The number of hydrogen-bond donors (Lipinski definition) is 1. The van der Waals surface area contributed by atoms with Gasteiger partial charge in [0.25, 0.3) is 0 Å². The Kier molecular flexibility index (Phi) is 3.45. The van der Waals surface area contributed by atoms with Crippen LogP contribution in [0.1, 0.15) is 16.1 Å². The molecule has 0 aliphatic carbocycles. The minimum Gasteiger partial charge on any atom is -0.507 e. The first-order valence-electron chi connectivity index (χ1n) is 4.73. The Bertz CT molecular complexity index is 572. The summed E-state index contributed by atoms with van der Waals surface area (Å²) in [6.45, 7) is 0. The number of aromatic hydroxyl groups is 1. The first-order chi connectivity index (χ1) is 8.09. The van der Waals surface area contributed by atoms with Gasteiger partial charge in [-0.1, -0.05) is 17.7 Å². The number of aromatic nitrogens is 1. The van der Waals surface area contributed by atoms with Gasteiger partial charge in [-0.25, -0.2) is 0 Å². The molecule has 1 N–H and O–H groups in total. The predicted octanol–water partition coefficient (Wildman–Crippen LogP) is 3.43. The lowest BCUT2D eigenvalue weighted by molar-refractivity contribution is 0.103. The minimum atomic E-state index is -0.347. The molecule has 0 unspecified atom stereocenters. The summed E-state index contributed by atoms with van der Waals surface area (Å²) in [4.78, 5) is 16.0. The number of benzene rings is 1. The van der Waals surface area contributed by atoms with Crippen LogP contribution in [0.4, 0.5) is 0 Å². The smallest absolute Gasteiger partial charge is 0.215 e. The maximum atomic E-state index is 12.0. The number of rotatable bonds is 2. The zero-order valence-corrected chi connectivity index (χ0v) is 10.9. The van der Waals surface area contributed by atoms with Crippen molar-refractivity contribution in [1.29, 1.82) is 0 Å². The third-order valence-electron chi connectivity index (χ3n) is 2.18. The summed E-state index contributed by atoms with van der Waals surface area (Å²) in [6.07, 6.45) is 1.52. The van der Waals surface area contributed by atoms with Crippen molar-refractivity contribution in [2.45, 2.75) is 0 Å². The second kappa shape index (κ2) is 4.85. The quantitative estimate of drug-likeness (QED) is 0.864. The lowest BCUT2D eigenvalue weighted by Gasteiger charge is -2.05. The third-order valence-corrected chi connectivity index (χ3v) is 3.38. The zero-order valence-electron chi connectivity index (χ0n) is 8.52. The molecule has 2 rings (SSSR count). The van der Waals surface area contributed by atoms with Gasteiger partial charge in [0.05, 0.1) is 10.6 Å². The normalized spacial score (nSPS) is 10.2. The van der Waals surface area contributed by atoms with Crippen LogP contribution in [0.3, 0.4) is 0 Å². The molecule has 1 heterocycles. The molecule has 0 radical (unpaired) electrons. The molecule has 0 fully saturated rings. The Morgan fingerprint density at radius 2 is 2.12 bits per heavy atom. The van der Waals surface area contributed by atoms with Crippen LogP contribution in [0.5, 0.6) is 5.75 Å². The summed E-state index contributed by atoms with van der Waals surface area (Å²) in [5.41, 5.74) is 0.442. The Morgan fingerprint density at radius 1 is 1.35 bits per heavy atom. The SMILES string of the molecule is O=C(c1ccccn1)c1cc(Br)c(Cl)cc1O. The Balaban J connectivity index is 2.48. The van der Waals surface area contributed by atoms with Gasteiger partial charge in [-0.2, -0.15) is 0 Å². The van der Waals surface area contributed by atoms with Crippen molar-refractivity contribution in [3.05, 3.63) is 57.3 Å². The summed E-state index contributed by atoms with van der Waals surface area (Å²) < 4.78 is 0.552. The third kappa shape index (κ3) is 2.48. The van der Waals surface area contributed by atoms with Crippen molar-refractivity contribution in [1.82, 2.24) is 4.98 Å². The standard InChI is InChI=1S/C12H7BrClNO2/c13-8-5-7(11(16)6-9(8)14)12(17)10-3-1-2-4-15-10/h1-6,16H. The Labute approximate surface area is 111 Å². The van der Waals surface area contributed by atoms with Crippen molar-refractivity contribution < 1.29 is 9.90 Å². The lowest BCUT2D eigenvalue weighted by Crippen LogP contribution is -2.04. The second-order valence-corrected chi connectivity index (χ2v) is 4.59. The van der Waals surface area contributed by atoms with Crippen molar-refractivity contribution in [2.75, 3.05) is 0 Å². The van der Waals surface area contributed by atoms with E-state index < -0.39 is 0 Å². The molecular weight excluding hydrogens is 305 g/mol. The number of halogens is 2. The molecule has 3 nitrogen and oxygen atoms in total. The van der Waals surface area contributed by atoms with Crippen molar-refractivity contribution in [3.63, 3.8) is 0 Å². The Morgan fingerprint density at radius 3 is 2.76 bits per heavy atom.